The first-order chi connectivity index (χ1) is 15.2. The minimum absolute atomic E-state index is 0.0571. The number of hydrogen-bond donors (Lipinski definition) is 0. The molecule has 3 aliphatic rings. The van der Waals surface area contributed by atoms with E-state index in [1.807, 2.05) is 29.2 Å². The Morgan fingerprint density at radius 1 is 1.06 bits per heavy atom. The number of amides is 1. The number of fused-ring (bicyclic) bond motifs is 2. The Labute approximate surface area is 179 Å². The van der Waals surface area contributed by atoms with Crippen molar-refractivity contribution < 1.29 is 9.53 Å². The lowest BCUT2D eigenvalue weighted by molar-refractivity contribution is 0.0303. The number of carbonyl (C=O) groups excluding carboxylic acids is 1. The van der Waals surface area contributed by atoms with Gasteiger partial charge < -0.3 is 14.5 Å². The Morgan fingerprint density at radius 3 is 2.58 bits per heavy atom. The summed E-state index contributed by atoms with van der Waals surface area (Å²) in [6.07, 6.45) is 7.53. The minimum atomic E-state index is 0.0571. The normalized spacial score (nSPS) is 18.8. The summed E-state index contributed by atoms with van der Waals surface area (Å²) in [7, 11) is 0. The summed E-state index contributed by atoms with van der Waals surface area (Å²) in [5.41, 5.74) is 4.79. The third-order valence-corrected chi connectivity index (χ3v) is 6.47. The molecule has 1 aliphatic carbocycles. The lowest BCUT2D eigenvalue weighted by Crippen LogP contribution is -2.40. The van der Waals surface area contributed by atoms with Crippen LogP contribution in [0.2, 0.25) is 0 Å². The number of nitrogens with zero attached hydrogens (tertiary/aromatic N) is 6. The molecule has 0 unspecified atom stereocenters. The minimum Gasteiger partial charge on any atom is -0.378 e. The number of ether oxygens (including phenoxy) is 1. The van der Waals surface area contributed by atoms with Crippen LogP contribution in [-0.2, 0) is 10.2 Å². The summed E-state index contributed by atoms with van der Waals surface area (Å²) in [4.78, 5) is 26.3. The van der Waals surface area contributed by atoms with Crippen LogP contribution in [0, 0.1) is 0 Å². The Morgan fingerprint density at radius 2 is 1.87 bits per heavy atom. The van der Waals surface area contributed by atoms with Gasteiger partial charge in [-0.2, -0.15) is 10.2 Å². The lowest BCUT2D eigenvalue weighted by atomic mass is 9.97. The van der Waals surface area contributed by atoms with Crippen molar-refractivity contribution in [3.05, 3.63) is 60.0 Å². The molecule has 3 aromatic rings. The van der Waals surface area contributed by atoms with Crippen molar-refractivity contribution >= 4 is 17.5 Å². The molecule has 156 valence electrons. The number of rotatable bonds is 3. The van der Waals surface area contributed by atoms with E-state index in [4.69, 9.17) is 4.74 Å². The maximum atomic E-state index is 13.0. The Hall–Kier alpha value is -3.39. The fourth-order valence-electron chi connectivity index (χ4n) is 4.56. The highest BCUT2D eigenvalue weighted by molar-refractivity contribution is 5.96. The third-order valence-electron chi connectivity index (χ3n) is 6.47. The van der Waals surface area contributed by atoms with Crippen molar-refractivity contribution in [1.82, 2.24) is 25.1 Å². The van der Waals surface area contributed by atoms with Gasteiger partial charge in [0.05, 0.1) is 18.9 Å². The first-order valence-corrected chi connectivity index (χ1v) is 10.6. The monoisotopic (exact) mass is 414 g/mol. The summed E-state index contributed by atoms with van der Waals surface area (Å²) in [6.45, 7) is 3.31. The quantitative estimate of drug-likeness (QED) is 0.651. The summed E-state index contributed by atoms with van der Waals surface area (Å²) in [5, 5.41) is 8.05. The highest BCUT2D eigenvalue weighted by Crippen LogP contribution is 2.57. The van der Waals surface area contributed by atoms with Gasteiger partial charge in [0.1, 0.15) is 0 Å². The van der Waals surface area contributed by atoms with Crippen molar-refractivity contribution in [3.8, 4) is 11.3 Å². The number of aromatic nitrogens is 4. The molecule has 2 fully saturated rings. The Bertz CT molecular complexity index is 1120. The van der Waals surface area contributed by atoms with Gasteiger partial charge in [-0.25, -0.2) is 9.97 Å². The molecule has 2 aliphatic heterocycles. The average molecular weight is 414 g/mol. The van der Waals surface area contributed by atoms with Crippen LogP contribution in [0.25, 0.3) is 11.3 Å². The maximum Gasteiger partial charge on any atom is 0.254 e. The van der Waals surface area contributed by atoms with E-state index in [1.54, 1.807) is 18.6 Å². The summed E-state index contributed by atoms with van der Waals surface area (Å²) >= 11 is 0. The van der Waals surface area contributed by atoms with Crippen molar-refractivity contribution in [2.24, 2.45) is 0 Å². The number of anilines is 2. The van der Waals surface area contributed by atoms with E-state index < -0.39 is 0 Å². The summed E-state index contributed by atoms with van der Waals surface area (Å²) in [5.74, 6) is 0.704. The zero-order chi connectivity index (χ0) is 20.8. The molecule has 31 heavy (non-hydrogen) atoms. The zero-order valence-corrected chi connectivity index (χ0v) is 17.1. The molecule has 0 atom stereocenters. The van der Waals surface area contributed by atoms with E-state index in [-0.39, 0.29) is 11.3 Å². The Kier molecular flexibility index (Phi) is 4.21. The van der Waals surface area contributed by atoms with Crippen molar-refractivity contribution in [2.75, 3.05) is 37.7 Å². The van der Waals surface area contributed by atoms with Crippen LogP contribution >= 0.6 is 0 Å². The van der Waals surface area contributed by atoms with E-state index in [1.165, 1.54) is 5.56 Å². The van der Waals surface area contributed by atoms with Gasteiger partial charge in [0.15, 0.2) is 0 Å². The van der Waals surface area contributed by atoms with Gasteiger partial charge in [-0.05, 0) is 42.7 Å². The summed E-state index contributed by atoms with van der Waals surface area (Å²) in [6, 6.07) is 9.85. The van der Waals surface area contributed by atoms with E-state index in [0.717, 1.165) is 36.3 Å². The third kappa shape index (κ3) is 3.14. The van der Waals surface area contributed by atoms with Crippen LogP contribution < -0.4 is 4.90 Å². The predicted molar refractivity (Wildman–Crippen MR) is 114 cm³/mol. The fraction of sp³-hybridized carbons (Fsp3) is 0.348. The number of morpholine rings is 1. The molecule has 8 heteroatoms. The molecule has 2 aromatic heterocycles. The van der Waals surface area contributed by atoms with Crippen LogP contribution in [0.1, 0.15) is 28.8 Å². The molecule has 1 spiro atoms. The fourth-order valence-corrected chi connectivity index (χ4v) is 4.56. The van der Waals surface area contributed by atoms with Crippen LogP contribution in [0.3, 0.4) is 0 Å². The molecular formula is C23H22N6O2. The highest BCUT2D eigenvalue weighted by atomic mass is 16.5. The van der Waals surface area contributed by atoms with Gasteiger partial charge in [-0.15, -0.1) is 0 Å². The van der Waals surface area contributed by atoms with Gasteiger partial charge in [-0.1, -0.05) is 6.07 Å². The number of hydrogen-bond acceptors (Lipinski definition) is 7. The lowest BCUT2D eigenvalue weighted by Gasteiger charge is -2.27. The summed E-state index contributed by atoms with van der Waals surface area (Å²) < 4.78 is 5.38. The van der Waals surface area contributed by atoms with Gasteiger partial charge in [0.25, 0.3) is 5.91 Å². The largest absolute Gasteiger partial charge is 0.378 e. The van der Waals surface area contributed by atoms with E-state index in [9.17, 15) is 4.79 Å². The van der Waals surface area contributed by atoms with E-state index in [0.29, 0.717) is 37.8 Å². The van der Waals surface area contributed by atoms with Gasteiger partial charge in [0.2, 0.25) is 5.95 Å². The Balaban J connectivity index is 1.33. The van der Waals surface area contributed by atoms with Crippen LogP contribution in [0.15, 0.2) is 48.9 Å². The molecule has 6 rings (SSSR count). The van der Waals surface area contributed by atoms with Crippen LogP contribution in [0.5, 0.6) is 0 Å². The molecule has 1 aromatic carbocycles. The first kappa shape index (κ1) is 18.4. The highest BCUT2D eigenvalue weighted by Gasteiger charge is 2.52. The molecule has 0 N–H and O–H groups in total. The van der Waals surface area contributed by atoms with Crippen molar-refractivity contribution in [1.29, 1.82) is 0 Å². The molecule has 0 bridgehead atoms. The second-order valence-corrected chi connectivity index (χ2v) is 8.38. The van der Waals surface area contributed by atoms with Crippen LogP contribution in [0.4, 0.5) is 11.6 Å². The van der Waals surface area contributed by atoms with Crippen molar-refractivity contribution in [3.63, 3.8) is 0 Å². The van der Waals surface area contributed by atoms with Crippen LogP contribution in [-0.4, -0.2) is 63.8 Å². The van der Waals surface area contributed by atoms with Gasteiger partial charge in [-0.3, -0.25) is 4.79 Å². The van der Waals surface area contributed by atoms with Gasteiger partial charge >= 0.3 is 0 Å². The van der Waals surface area contributed by atoms with Crippen molar-refractivity contribution in [2.45, 2.75) is 18.3 Å². The van der Waals surface area contributed by atoms with E-state index >= 15 is 0 Å². The number of carbonyl (C=O) groups is 1. The zero-order valence-electron chi connectivity index (χ0n) is 17.1. The molecule has 1 saturated heterocycles. The number of benzene rings is 1. The second kappa shape index (κ2) is 7.09. The molecule has 4 heterocycles. The average Bonchev–Trinajstić information content (AvgIpc) is 3.56. The predicted octanol–water partition coefficient (Wildman–Crippen LogP) is 2.59. The standard InChI is InChI=1S/C23H22N6O2/c30-21(28-8-10-31-11-9-28)16-3-4-18-20(12-16)29(15-23(18)5-6-23)22-24-13-17(14-25-22)19-2-1-7-26-27-19/h1-4,7,12-14H,5-6,8-11,15H2. The first-order valence-electron chi connectivity index (χ1n) is 10.6. The van der Waals surface area contributed by atoms with E-state index in [2.05, 4.69) is 31.1 Å². The molecule has 8 nitrogen and oxygen atoms in total. The maximum absolute atomic E-state index is 13.0. The smallest absolute Gasteiger partial charge is 0.254 e. The molecule has 0 radical (unpaired) electrons. The molecule has 1 amide bonds. The topological polar surface area (TPSA) is 84.3 Å². The SMILES string of the molecule is O=C(c1ccc2c(c1)N(c1ncc(-c3cccnn3)cn1)CC21CC1)N1CCOCC1. The second-order valence-electron chi connectivity index (χ2n) is 8.38. The molecule has 1 saturated carbocycles. The molecular weight excluding hydrogens is 392 g/mol. The van der Waals surface area contributed by atoms with Gasteiger partial charge in [0, 0.05) is 60.5 Å².